The maximum Gasteiger partial charge on any atom is 0.257 e. The van der Waals surface area contributed by atoms with E-state index < -0.39 is 0 Å². The Morgan fingerprint density at radius 3 is 2.65 bits per heavy atom. The Labute approximate surface area is 118 Å². The Morgan fingerprint density at radius 2 is 2.00 bits per heavy atom. The smallest absolute Gasteiger partial charge is 0.257 e. The monoisotopic (exact) mass is 270 g/mol. The summed E-state index contributed by atoms with van der Waals surface area (Å²) in [4.78, 5) is 15.7. The minimum atomic E-state index is -0.112. The molecule has 20 heavy (non-hydrogen) atoms. The molecule has 104 valence electrons. The molecule has 0 spiro atoms. The number of pyridine rings is 1. The van der Waals surface area contributed by atoms with E-state index in [0.717, 1.165) is 17.7 Å². The molecule has 0 bridgehead atoms. The molecule has 0 unspecified atom stereocenters. The van der Waals surface area contributed by atoms with E-state index in [-0.39, 0.29) is 12.5 Å². The van der Waals surface area contributed by atoms with Gasteiger partial charge in [0.2, 0.25) is 0 Å². The van der Waals surface area contributed by atoms with Crippen molar-refractivity contribution in [3.8, 4) is 17.0 Å². The van der Waals surface area contributed by atoms with Crippen molar-refractivity contribution >= 4 is 5.91 Å². The highest BCUT2D eigenvalue weighted by Crippen LogP contribution is 2.18. The van der Waals surface area contributed by atoms with Crippen LogP contribution in [0.2, 0.25) is 0 Å². The van der Waals surface area contributed by atoms with E-state index in [9.17, 15) is 4.79 Å². The van der Waals surface area contributed by atoms with Crippen molar-refractivity contribution < 1.29 is 9.53 Å². The number of rotatable bonds is 6. The van der Waals surface area contributed by atoms with E-state index >= 15 is 0 Å². The van der Waals surface area contributed by atoms with Crippen LogP contribution in [0.15, 0.2) is 48.7 Å². The summed E-state index contributed by atoms with van der Waals surface area (Å²) in [5.41, 5.74) is 1.94. The van der Waals surface area contributed by atoms with Crippen molar-refractivity contribution in [3.63, 3.8) is 0 Å². The number of carbonyl (C=O) groups excluding carboxylic acids is 1. The Bertz CT molecular complexity index is 538. The van der Waals surface area contributed by atoms with Crippen LogP contribution in [-0.4, -0.2) is 24.0 Å². The van der Waals surface area contributed by atoms with Crippen LogP contribution in [0.25, 0.3) is 11.3 Å². The Morgan fingerprint density at radius 1 is 1.20 bits per heavy atom. The molecule has 2 aromatic rings. The summed E-state index contributed by atoms with van der Waals surface area (Å²) in [5, 5.41) is 2.76. The van der Waals surface area contributed by atoms with Gasteiger partial charge in [0.25, 0.3) is 5.91 Å². The van der Waals surface area contributed by atoms with E-state index in [1.807, 2.05) is 49.4 Å². The fraction of sp³-hybridized carbons (Fsp3) is 0.250. The second-order valence-corrected chi connectivity index (χ2v) is 4.38. The summed E-state index contributed by atoms with van der Waals surface area (Å²) in [6, 6.07) is 13.6. The number of aromatic nitrogens is 1. The number of benzene rings is 1. The van der Waals surface area contributed by atoms with Crippen molar-refractivity contribution in [2.24, 2.45) is 0 Å². The van der Waals surface area contributed by atoms with E-state index in [1.54, 1.807) is 6.20 Å². The first kappa shape index (κ1) is 14.1. The molecule has 4 heteroatoms. The zero-order valence-corrected chi connectivity index (χ0v) is 11.5. The molecule has 0 aliphatic carbocycles. The van der Waals surface area contributed by atoms with E-state index in [0.29, 0.717) is 12.3 Å². The molecule has 1 heterocycles. The molecule has 0 aliphatic heterocycles. The lowest BCUT2D eigenvalue weighted by Gasteiger charge is -2.07. The molecule has 0 aliphatic rings. The Balaban J connectivity index is 1.90. The molecule has 0 saturated carbocycles. The van der Waals surface area contributed by atoms with Gasteiger partial charge in [0, 0.05) is 12.1 Å². The van der Waals surface area contributed by atoms with Gasteiger partial charge in [0.05, 0.1) is 11.9 Å². The fourth-order valence-corrected chi connectivity index (χ4v) is 1.71. The molecule has 1 N–H and O–H groups in total. The van der Waals surface area contributed by atoms with Crippen LogP contribution in [0.5, 0.6) is 5.75 Å². The van der Waals surface area contributed by atoms with Gasteiger partial charge in [-0.25, -0.2) is 0 Å². The maximum absolute atomic E-state index is 11.4. The van der Waals surface area contributed by atoms with Crippen LogP contribution in [0.4, 0.5) is 0 Å². The van der Waals surface area contributed by atoms with Gasteiger partial charge >= 0.3 is 0 Å². The van der Waals surface area contributed by atoms with Crippen molar-refractivity contribution in [2.45, 2.75) is 13.3 Å². The third-order valence-electron chi connectivity index (χ3n) is 2.75. The summed E-state index contributed by atoms with van der Waals surface area (Å²) in [6.45, 7) is 2.70. The quantitative estimate of drug-likeness (QED) is 0.878. The third kappa shape index (κ3) is 4.09. The Hall–Kier alpha value is -2.36. The highest BCUT2D eigenvalue weighted by atomic mass is 16.5. The summed E-state index contributed by atoms with van der Waals surface area (Å²) in [6.07, 6.45) is 2.55. The van der Waals surface area contributed by atoms with Crippen LogP contribution in [0.3, 0.4) is 0 Å². The van der Waals surface area contributed by atoms with Crippen LogP contribution in [-0.2, 0) is 4.79 Å². The number of nitrogens with zero attached hydrogens (tertiary/aromatic N) is 1. The van der Waals surface area contributed by atoms with Gasteiger partial charge in [-0.05, 0) is 18.6 Å². The zero-order chi connectivity index (χ0) is 14.2. The largest absolute Gasteiger partial charge is 0.482 e. The highest BCUT2D eigenvalue weighted by Gasteiger charge is 2.03. The third-order valence-corrected chi connectivity index (χ3v) is 2.75. The standard InChI is InChI=1S/C16H18N2O2/c1-2-10-17-16(19)12-20-14-8-9-15(18-11-14)13-6-4-3-5-7-13/h3-9,11H,2,10,12H2,1H3,(H,17,19). The van der Waals surface area contributed by atoms with E-state index in [4.69, 9.17) is 4.74 Å². The molecule has 0 fully saturated rings. The first-order chi connectivity index (χ1) is 9.79. The molecule has 0 atom stereocenters. The maximum atomic E-state index is 11.4. The topological polar surface area (TPSA) is 51.2 Å². The van der Waals surface area contributed by atoms with E-state index in [1.165, 1.54) is 0 Å². The normalized spacial score (nSPS) is 10.1. The number of hydrogen-bond donors (Lipinski definition) is 1. The van der Waals surface area contributed by atoms with E-state index in [2.05, 4.69) is 10.3 Å². The van der Waals surface area contributed by atoms with Gasteiger partial charge in [-0.3, -0.25) is 9.78 Å². The number of amides is 1. The first-order valence-corrected chi connectivity index (χ1v) is 6.70. The van der Waals surface area contributed by atoms with Gasteiger partial charge in [-0.1, -0.05) is 37.3 Å². The predicted molar refractivity (Wildman–Crippen MR) is 78.5 cm³/mol. The summed E-state index contributed by atoms with van der Waals surface area (Å²) < 4.78 is 5.38. The Kier molecular flexibility index (Phi) is 5.12. The van der Waals surface area contributed by atoms with Crippen molar-refractivity contribution in [1.29, 1.82) is 0 Å². The first-order valence-electron chi connectivity index (χ1n) is 6.70. The van der Waals surface area contributed by atoms with Crippen LogP contribution in [0, 0.1) is 0 Å². The molecule has 4 nitrogen and oxygen atoms in total. The van der Waals surface area contributed by atoms with Crippen LogP contribution < -0.4 is 10.1 Å². The molecule has 1 amide bonds. The van der Waals surface area contributed by atoms with Gasteiger partial charge in [-0.2, -0.15) is 0 Å². The van der Waals surface area contributed by atoms with Gasteiger partial charge in [0.15, 0.2) is 6.61 Å². The molecule has 0 radical (unpaired) electrons. The average Bonchev–Trinajstić information content (AvgIpc) is 2.52. The lowest BCUT2D eigenvalue weighted by Crippen LogP contribution is -2.29. The number of ether oxygens (including phenoxy) is 1. The minimum absolute atomic E-state index is 0.0202. The van der Waals surface area contributed by atoms with Gasteiger partial charge in [-0.15, -0.1) is 0 Å². The number of hydrogen-bond acceptors (Lipinski definition) is 3. The number of carbonyl (C=O) groups is 1. The van der Waals surface area contributed by atoms with Gasteiger partial charge in [0.1, 0.15) is 5.75 Å². The highest BCUT2D eigenvalue weighted by molar-refractivity contribution is 5.77. The van der Waals surface area contributed by atoms with Crippen molar-refractivity contribution in [1.82, 2.24) is 10.3 Å². The lowest BCUT2D eigenvalue weighted by molar-refractivity contribution is -0.123. The van der Waals surface area contributed by atoms with Crippen LogP contribution in [0.1, 0.15) is 13.3 Å². The number of nitrogens with one attached hydrogen (secondary N) is 1. The minimum Gasteiger partial charge on any atom is -0.482 e. The molecular weight excluding hydrogens is 252 g/mol. The van der Waals surface area contributed by atoms with Crippen LogP contribution >= 0.6 is 0 Å². The fourth-order valence-electron chi connectivity index (χ4n) is 1.71. The second-order valence-electron chi connectivity index (χ2n) is 4.38. The summed E-state index contributed by atoms with van der Waals surface area (Å²) in [5.74, 6) is 0.482. The molecule has 1 aromatic heterocycles. The lowest BCUT2D eigenvalue weighted by atomic mass is 10.1. The average molecular weight is 270 g/mol. The molecular formula is C16H18N2O2. The molecule has 1 aromatic carbocycles. The van der Waals surface area contributed by atoms with Gasteiger partial charge < -0.3 is 10.1 Å². The van der Waals surface area contributed by atoms with Crippen molar-refractivity contribution in [2.75, 3.05) is 13.2 Å². The predicted octanol–water partition coefficient (Wildman–Crippen LogP) is 2.65. The molecule has 0 saturated heterocycles. The SMILES string of the molecule is CCCNC(=O)COc1ccc(-c2ccccc2)nc1. The van der Waals surface area contributed by atoms with Crippen molar-refractivity contribution in [3.05, 3.63) is 48.7 Å². The second kappa shape index (κ2) is 7.28. The summed E-state index contributed by atoms with van der Waals surface area (Å²) in [7, 11) is 0. The molecule has 2 rings (SSSR count). The zero-order valence-electron chi connectivity index (χ0n) is 11.5. The summed E-state index contributed by atoms with van der Waals surface area (Å²) >= 11 is 0.